The van der Waals surface area contributed by atoms with E-state index in [9.17, 15) is 4.79 Å². The molecular weight excluding hydrogens is 218 g/mol. The largest absolute Gasteiger partial charge is 0.508 e. The molecule has 1 amide bonds. The molecule has 2 N–H and O–H groups in total. The molecule has 17 heavy (non-hydrogen) atoms. The number of rotatable bonds is 3. The molecule has 2 unspecified atom stereocenters. The van der Waals surface area contributed by atoms with E-state index in [0.717, 1.165) is 12.0 Å². The third-order valence-corrected chi connectivity index (χ3v) is 2.97. The van der Waals surface area contributed by atoms with Gasteiger partial charge in [-0.1, -0.05) is 12.1 Å². The molecular formula is C13H17NO3. The molecule has 92 valence electrons. The molecule has 1 aliphatic heterocycles. The third-order valence-electron chi connectivity index (χ3n) is 2.97. The summed E-state index contributed by atoms with van der Waals surface area (Å²) in [6.45, 7) is 2.99. The maximum Gasteiger partial charge on any atom is 0.225 e. The molecule has 0 radical (unpaired) electrons. The van der Waals surface area contributed by atoms with E-state index in [1.165, 1.54) is 0 Å². The van der Waals surface area contributed by atoms with Crippen molar-refractivity contribution in [1.29, 1.82) is 0 Å². The Balaban J connectivity index is 1.82. The fourth-order valence-electron chi connectivity index (χ4n) is 1.95. The highest BCUT2D eigenvalue weighted by Crippen LogP contribution is 2.19. The van der Waals surface area contributed by atoms with Crippen LogP contribution in [-0.4, -0.2) is 23.7 Å². The smallest absolute Gasteiger partial charge is 0.225 e. The van der Waals surface area contributed by atoms with Crippen LogP contribution < -0.4 is 5.32 Å². The van der Waals surface area contributed by atoms with Crippen molar-refractivity contribution in [2.45, 2.75) is 26.0 Å². The molecule has 0 aromatic heterocycles. The van der Waals surface area contributed by atoms with Gasteiger partial charge in [0, 0.05) is 6.54 Å². The first-order valence-electron chi connectivity index (χ1n) is 5.82. The number of ether oxygens (including phenoxy) is 1. The predicted molar refractivity (Wildman–Crippen MR) is 63.5 cm³/mol. The number of nitrogens with one attached hydrogen (secondary N) is 1. The molecule has 0 bridgehead atoms. The number of amides is 1. The number of benzene rings is 1. The maximum absolute atomic E-state index is 11.8. The van der Waals surface area contributed by atoms with Crippen molar-refractivity contribution in [3.63, 3.8) is 0 Å². The molecule has 1 saturated heterocycles. The van der Waals surface area contributed by atoms with Crippen LogP contribution >= 0.6 is 0 Å². The number of hydrogen-bond donors (Lipinski definition) is 2. The van der Waals surface area contributed by atoms with Gasteiger partial charge in [0.15, 0.2) is 0 Å². The molecule has 2 atom stereocenters. The number of phenolic OH excluding ortho intramolecular Hbond substituents is 1. The first-order valence-corrected chi connectivity index (χ1v) is 5.82. The van der Waals surface area contributed by atoms with Crippen molar-refractivity contribution in [1.82, 2.24) is 5.32 Å². The van der Waals surface area contributed by atoms with Gasteiger partial charge in [-0.3, -0.25) is 4.79 Å². The van der Waals surface area contributed by atoms with Gasteiger partial charge in [0.05, 0.1) is 18.6 Å². The first-order chi connectivity index (χ1) is 8.15. The lowest BCUT2D eigenvalue weighted by Gasteiger charge is -2.09. The second-order valence-electron chi connectivity index (χ2n) is 4.46. The van der Waals surface area contributed by atoms with Crippen LogP contribution in [0.25, 0.3) is 0 Å². The van der Waals surface area contributed by atoms with E-state index in [2.05, 4.69) is 5.32 Å². The minimum atomic E-state index is -0.0258. The number of carbonyl (C=O) groups excluding carboxylic acids is 1. The minimum absolute atomic E-state index is 0.0258. The second kappa shape index (κ2) is 5.19. The van der Waals surface area contributed by atoms with Gasteiger partial charge in [-0.05, 0) is 31.0 Å². The van der Waals surface area contributed by atoms with E-state index in [-0.39, 0.29) is 23.7 Å². The fourth-order valence-corrected chi connectivity index (χ4v) is 1.95. The minimum Gasteiger partial charge on any atom is -0.508 e. The highest BCUT2D eigenvalue weighted by molar-refractivity contribution is 5.79. The zero-order valence-electron chi connectivity index (χ0n) is 9.85. The van der Waals surface area contributed by atoms with Crippen molar-refractivity contribution in [3.8, 4) is 5.75 Å². The van der Waals surface area contributed by atoms with Gasteiger partial charge in [0.1, 0.15) is 5.75 Å². The van der Waals surface area contributed by atoms with E-state index in [1.54, 1.807) is 24.3 Å². The summed E-state index contributed by atoms with van der Waals surface area (Å²) in [4.78, 5) is 11.8. The summed E-state index contributed by atoms with van der Waals surface area (Å²) in [6.07, 6.45) is 0.973. The van der Waals surface area contributed by atoms with Crippen LogP contribution in [0.5, 0.6) is 5.75 Å². The Hall–Kier alpha value is -1.55. The zero-order valence-corrected chi connectivity index (χ0v) is 9.85. The molecule has 1 aliphatic rings. The number of carbonyl (C=O) groups is 1. The third kappa shape index (κ3) is 3.20. The van der Waals surface area contributed by atoms with E-state index < -0.39 is 0 Å². The van der Waals surface area contributed by atoms with Gasteiger partial charge >= 0.3 is 0 Å². The Morgan fingerprint density at radius 2 is 2.18 bits per heavy atom. The van der Waals surface area contributed by atoms with Crippen LogP contribution in [0.15, 0.2) is 24.3 Å². The van der Waals surface area contributed by atoms with E-state index in [0.29, 0.717) is 13.2 Å². The molecule has 1 heterocycles. The summed E-state index contributed by atoms with van der Waals surface area (Å²) in [7, 11) is 0. The Kier molecular flexibility index (Phi) is 3.64. The summed E-state index contributed by atoms with van der Waals surface area (Å²) in [5.41, 5.74) is 0.975. The van der Waals surface area contributed by atoms with E-state index in [4.69, 9.17) is 9.84 Å². The molecule has 1 fully saturated rings. The molecule has 1 aromatic carbocycles. The van der Waals surface area contributed by atoms with Crippen LogP contribution in [0.2, 0.25) is 0 Å². The fraction of sp³-hybridized carbons (Fsp3) is 0.462. The van der Waals surface area contributed by atoms with E-state index in [1.807, 2.05) is 6.92 Å². The van der Waals surface area contributed by atoms with Crippen LogP contribution in [0.3, 0.4) is 0 Å². The number of hydrogen-bond acceptors (Lipinski definition) is 3. The topological polar surface area (TPSA) is 58.6 Å². The molecule has 4 heteroatoms. The number of phenols is 1. The van der Waals surface area contributed by atoms with Gasteiger partial charge in [0.2, 0.25) is 5.91 Å². The van der Waals surface area contributed by atoms with Gasteiger partial charge in [-0.25, -0.2) is 0 Å². The molecule has 0 spiro atoms. The lowest BCUT2D eigenvalue weighted by molar-refractivity contribution is -0.125. The van der Waals surface area contributed by atoms with Gasteiger partial charge in [-0.2, -0.15) is 0 Å². The Morgan fingerprint density at radius 1 is 1.47 bits per heavy atom. The van der Waals surface area contributed by atoms with Crippen molar-refractivity contribution >= 4 is 5.91 Å². The maximum atomic E-state index is 11.8. The molecule has 0 saturated carbocycles. The second-order valence-corrected chi connectivity index (χ2v) is 4.46. The van der Waals surface area contributed by atoms with Crippen LogP contribution in [-0.2, 0) is 16.1 Å². The van der Waals surface area contributed by atoms with Crippen molar-refractivity contribution in [2.24, 2.45) is 5.92 Å². The Morgan fingerprint density at radius 3 is 2.76 bits per heavy atom. The molecule has 4 nitrogen and oxygen atoms in total. The average molecular weight is 235 g/mol. The number of aromatic hydroxyl groups is 1. The van der Waals surface area contributed by atoms with Crippen molar-refractivity contribution in [2.75, 3.05) is 6.61 Å². The zero-order chi connectivity index (χ0) is 12.3. The summed E-state index contributed by atoms with van der Waals surface area (Å²) in [6, 6.07) is 6.82. The quantitative estimate of drug-likeness (QED) is 0.833. The van der Waals surface area contributed by atoms with Gasteiger partial charge in [-0.15, -0.1) is 0 Å². The summed E-state index contributed by atoms with van der Waals surface area (Å²) < 4.78 is 5.36. The van der Waals surface area contributed by atoms with Crippen molar-refractivity contribution in [3.05, 3.63) is 29.8 Å². The predicted octanol–water partition coefficient (Wildman–Crippen LogP) is 1.43. The Labute approximate surface area is 101 Å². The summed E-state index contributed by atoms with van der Waals surface area (Å²) >= 11 is 0. The van der Waals surface area contributed by atoms with Crippen molar-refractivity contribution < 1.29 is 14.6 Å². The molecule has 0 aliphatic carbocycles. The standard InChI is InChI=1S/C13H17NO3/c1-9-6-11(8-17-9)13(16)14-7-10-2-4-12(15)5-3-10/h2-5,9,11,15H,6-8H2,1H3,(H,14,16). The van der Waals surface area contributed by atoms with Crippen LogP contribution in [0.4, 0.5) is 0 Å². The Bertz CT molecular complexity index is 388. The first kappa shape index (κ1) is 11.9. The molecule has 2 rings (SSSR count). The van der Waals surface area contributed by atoms with Gasteiger partial charge < -0.3 is 15.2 Å². The van der Waals surface area contributed by atoms with E-state index >= 15 is 0 Å². The normalized spacial score (nSPS) is 23.6. The highest BCUT2D eigenvalue weighted by Gasteiger charge is 2.27. The monoisotopic (exact) mass is 235 g/mol. The summed E-state index contributed by atoms with van der Waals surface area (Å²) in [5.74, 6) is 0.252. The van der Waals surface area contributed by atoms with Crippen LogP contribution in [0.1, 0.15) is 18.9 Å². The van der Waals surface area contributed by atoms with Gasteiger partial charge in [0.25, 0.3) is 0 Å². The molecule has 1 aromatic rings. The lowest BCUT2D eigenvalue weighted by atomic mass is 10.1. The SMILES string of the molecule is CC1CC(C(=O)NCc2ccc(O)cc2)CO1. The lowest BCUT2D eigenvalue weighted by Crippen LogP contribution is -2.30. The average Bonchev–Trinajstić information content (AvgIpc) is 2.75. The summed E-state index contributed by atoms with van der Waals surface area (Å²) in [5, 5.41) is 12.0. The van der Waals surface area contributed by atoms with Crippen LogP contribution in [0, 0.1) is 5.92 Å². The highest BCUT2D eigenvalue weighted by atomic mass is 16.5.